The minimum atomic E-state index is -0.385. The summed E-state index contributed by atoms with van der Waals surface area (Å²) in [5.74, 6) is -0.610. The summed E-state index contributed by atoms with van der Waals surface area (Å²) in [6.07, 6.45) is 2.23. The van der Waals surface area contributed by atoms with Crippen molar-refractivity contribution >= 4 is 34.3 Å². The van der Waals surface area contributed by atoms with Crippen molar-refractivity contribution in [3.8, 4) is 0 Å². The number of halogens is 1. The molecule has 1 aromatic rings. The molecule has 5 heteroatoms. The zero-order chi connectivity index (χ0) is 16.6. The molecular formula is C18H18INO3. The van der Waals surface area contributed by atoms with Gasteiger partial charge in [-0.3, -0.25) is 4.79 Å². The third kappa shape index (κ3) is 2.82. The molecule has 4 nitrogen and oxygen atoms in total. The molecule has 1 atom stereocenters. The molecule has 2 aliphatic rings. The predicted octanol–water partition coefficient (Wildman–Crippen LogP) is 3.43. The number of ether oxygens (including phenoxy) is 1. The van der Waals surface area contributed by atoms with Crippen LogP contribution in [0.5, 0.6) is 0 Å². The van der Waals surface area contributed by atoms with Crippen molar-refractivity contribution in [2.24, 2.45) is 0 Å². The van der Waals surface area contributed by atoms with Crippen LogP contribution in [0.1, 0.15) is 37.7 Å². The monoisotopic (exact) mass is 423 g/mol. The first-order valence-electron chi connectivity index (χ1n) is 7.61. The number of nitrogens with one attached hydrogen (secondary N) is 1. The highest BCUT2D eigenvalue weighted by atomic mass is 127. The summed E-state index contributed by atoms with van der Waals surface area (Å²) in [6, 6.07) is 7.88. The summed E-state index contributed by atoms with van der Waals surface area (Å²) in [7, 11) is 1.38. The molecule has 0 unspecified atom stereocenters. The lowest BCUT2D eigenvalue weighted by molar-refractivity contribution is -0.136. The molecule has 1 N–H and O–H groups in total. The van der Waals surface area contributed by atoms with Crippen molar-refractivity contribution in [1.29, 1.82) is 0 Å². The van der Waals surface area contributed by atoms with E-state index in [1.54, 1.807) is 0 Å². The molecule has 3 rings (SSSR count). The molecule has 120 valence electrons. The minimum absolute atomic E-state index is 0.123. The molecular weight excluding hydrogens is 405 g/mol. The van der Waals surface area contributed by atoms with Crippen LogP contribution in [0.25, 0.3) is 0 Å². The van der Waals surface area contributed by atoms with Crippen LogP contribution in [-0.2, 0) is 14.3 Å². The third-order valence-electron chi connectivity index (χ3n) is 4.40. The lowest BCUT2D eigenvalue weighted by Gasteiger charge is -2.34. The van der Waals surface area contributed by atoms with Crippen LogP contribution in [0, 0.1) is 3.57 Å². The Morgan fingerprint density at radius 3 is 2.74 bits per heavy atom. The third-order valence-corrected chi connectivity index (χ3v) is 5.38. The fraction of sp³-hybridized carbons (Fsp3) is 0.333. The first-order chi connectivity index (χ1) is 11.0. The molecule has 1 aromatic carbocycles. The number of Topliss-reactive ketones (excluding diaryl/α,β-unsaturated/α-hetero) is 1. The molecule has 0 radical (unpaired) electrons. The van der Waals surface area contributed by atoms with Gasteiger partial charge in [0.15, 0.2) is 5.78 Å². The largest absolute Gasteiger partial charge is 0.466 e. The van der Waals surface area contributed by atoms with Crippen LogP contribution >= 0.6 is 22.6 Å². The fourth-order valence-electron chi connectivity index (χ4n) is 3.38. The van der Waals surface area contributed by atoms with Crippen molar-refractivity contribution in [3.63, 3.8) is 0 Å². The van der Waals surface area contributed by atoms with E-state index in [1.165, 1.54) is 7.11 Å². The number of rotatable bonds is 2. The van der Waals surface area contributed by atoms with Gasteiger partial charge in [-0.2, -0.15) is 0 Å². The van der Waals surface area contributed by atoms with Gasteiger partial charge in [-0.15, -0.1) is 0 Å². The molecule has 23 heavy (non-hydrogen) atoms. The first-order valence-corrected chi connectivity index (χ1v) is 8.69. The first kappa shape index (κ1) is 16.2. The summed E-state index contributed by atoms with van der Waals surface area (Å²) in [5, 5.41) is 3.27. The van der Waals surface area contributed by atoms with Gasteiger partial charge in [0, 0.05) is 32.9 Å². The van der Waals surface area contributed by atoms with E-state index in [9.17, 15) is 9.59 Å². The molecule has 1 heterocycles. The number of methoxy groups -OCH3 is 1. The van der Waals surface area contributed by atoms with Gasteiger partial charge in [0.25, 0.3) is 0 Å². The highest BCUT2D eigenvalue weighted by Gasteiger charge is 2.39. The maximum absolute atomic E-state index is 12.6. The van der Waals surface area contributed by atoms with E-state index in [1.807, 2.05) is 31.2 Å². The summed E-state index contributed by atoms with van der Waals surface area (Å²) >= 11 is 2.26. The number of esters is 1. The standard InChI is InChI=1S/C18H18INO3/c1-10-15(18(22)23-2)16(11-6-3-4-7-12(11)19)17-13(20-10)8-5-9-14(17)21/h3-4,6-7,16,20H,5,8-9H2,1-2H3/t16-/m0/s1. The van der Waals surface area contributed by atoms with Crippen LogP contribution in [0.15, 0.2) is 46.8 Å². The molecule has 1 aliphatic carbocycles. The number of benzene rings is 1. The van der Waals surface area contributed by atoms with E-state index in [0.29, 0.717) is 12.0 Å². The number of allylic oxidation sites excluding steroid dienone is 3. The second-order valence-corrected chi connectivity index (χ2v) is 6.94. The van der Waals surface area contributed by atoms with Crippen molar-refractivity contribution in [1.82, 2.24) is 5.32 Å². The molecule has 0 bridgehead atoms. The Bertz CT molecular complexity index is 748. The zero-order valence-electron chi connectivity index (χ0n) is 13.1. The second kappa shape index (κ2) is 6.47. The van der Waals surface area contributed by atoms with Crippen LogP contribution in [0.2, 0.25) is 0 Å². The van der Waals surface area contributed by atoms with Gasteiger partial charge in [0.05, 0.1) is 12.7 Å². The van der Waals surface area contributed by atoms with Crippen LogP contribution in [0.3, 0.4) is 0 Å². The molecule has 1 aliphatic heterocycles. The van der Waals surface area contributed by atoms with E-state index in [0.717, 1.165) is 38.9 Å². The highest BCUT2D eigenvalue weighted by molar-refractivity contribution is 14.1. The van der Waals surface area contributed by atoms with E-state index in [2.05, 4.69) is 27.9 Å². The molecule has 0 saturated carbocycles. The number of carbonyl (C=O) groups is 2. The number of dihydropyridines is 1. The second-order valence-electron chi connectivity index (χ2n) is 5.78. The lowest BCUT2D eigenvalue weighted by Crippen LogP contribution is -2.34. The zero-order valence-corrected chi connectivity index (χ0v) is 15.3. The Kier molecular flexibility index (Phi) is 4.57. The van der Waals surface area contributed by atoms with Crippen molar-refractivity contribution in [3.05, 3.63) is 55.9 Å². The average molecular weight is 423 g/mol. The van der Waals surface area contributed by atoms with Crippen LogP contribution in [0.4, 0.5) is 0 Å². The van der Waals surface area contributed by atoms with Gasteiger partial charge >= 0.3 is 5.97 Å². The normalized spacial score (nSPS) is 21.0. The number of ketones is 1. The quantitative estimate of drug-likeness (QED) is 0.585. The Hall–Kier alpha value is -1.63. The predicted molar refractivity (Wildman–Crippen MR) is 95.6 cm³/mol. The Morgan fingerprint density at radius 2 is 2.04 bits per heavy atom. The van der Waals surface area contributed by atoms with Gasteiger partial charge < -0.3 is 10.1 Å². The smallest absolute Gasteiger partial charge is 0.336 e. The maximum atomic E-state index is 12.6. The van der Waals surface area contributed by atoms with Crippen molar-refractivity contribution in [2.75, 3.05) is 7.11 Å². The van der Waals surface area contributed by atoms with E-state index in [-0.39, 0.29) is 17.7 Å². The Morgan fingerprint density at radius 1 is 1.30 bits per heavy atom. The van der Waals surface area contributed by atoms with E-state index >= 15 is 0 Å². The molecule has 0 saturated heterocycles. The molecule has 0 amide bonds. The minimum Gasteiger partial charge on any atom is -0.466 e. The Balaban J connectivity index is 2.23. The maximum Gasteiger partial charge on any atom is 0.336 e. The molecule has 0 fully saturated rings. The SMILES string of the molecule is COC(=O)C1=C(C)NC2=C(C(=O)CCC2)[C@H]1c1ccccc1I. The number of carbonyl (C=O) groups excluding carboxylic acids is 2. The van der Waals surface area contributed by atoms with Gasteiger partial charge in [0.1, 0.15) is 0 Å². The van der Waals surface area contributed by atoms with E-state index in [4.69, 9.17) is 4.74 Å². The van der Waals surface area contributed by atoms with Crippen LogP contribution < -0.4 is 5.32 Å². The highest BCUT2D eigenvalue weighted by Crippen LogP contribution is 2.43. The Labute approximate surface area is 149 Å². The number of hydrogen-bond donors (Lipinski definition) is 1. The summed E-state index contributed by atoms with van der Waals surface area (Å²) in [6.45, 7) is 1.87. The van der Waals surface area contributed by atoms with Crippen molar-refractivity contribution in [2.45, 2.75) is 32.1 Å². The summed E-state index contributed by atoms with van der Waals surface area (Å²) in [4.78, 5) is 25.0. The van der Waals surface area contributed by atoms with Gasteiger partial charge in [-0.05, 0) is 54.0 Å². The van der Waals surface area contributed by atoms with Gasteiger partial charge in [-0.1, -0.05) is 18.2 Å². The van der Waals surface area contributed by atoms with Gasteiger partial charge in [0.2, 0.25) is 0 Å². The van der Waals surface area contributed by atoms with Gasteiger partial charge in [-0.25, -0.2) is 4.79 Å². The molecule has 0 aromatic heterocycles. The average Bonchev–Trinajstić information content (AvgIpc) is 2.54. The topological polar surface area (TPSA) is 55.4 Å². The lowest BCUT2D eigenvalue weighted by atomic mass is 9.75. The molecule has 0 spiro atoms. The van der Waals surface area contributed by atoms with Crippen LogP contribution in [-0.4, -0.2) is 18.9 Å². The van der Waals surface area contributed by atoms with E-state index < -0.39 is 0 Å². The summed E-state index contributed by atoms with van der Waals surface area (Å²) in [5.41, 5.74) is 3.97. The van der Waals surface area contributed by atoms with Crippen molar-refractivity contribution < 1.29 is 14.3 Å². The summed E-state index contributed by atoms with van der Waals surface area (Å²) < 4.78 is 6.03. The number of hydrogen-bond acceptors (Lipinski definition) is 4. The fourth-order valence-corrected chi connectivity index (χ4v) is 4.08.